The Morgan fingerprint density at radius 2 is 1.62 bits per heavy atom. The topological polar surface area (TPSA) is 42.0 Å². The fourth-order valence-corrected chi connectivity index (χ4v) is 6.28. The number of piperidine rings is 2. The van der Waals surface area contributed by atoms with Gasteiger partial charge >= 0.3 is 0 Å². The normalized spacial score (nSPS) is 22.6. The van der Waals surface area contributed by atoms with Crippen molar-refractivity contribution in [1.29, 1.82) is 0 Å². The summed E-state index contributed by atoms with van der Waals surface area (Å²) in [7, 11) is 2.44. The second-order valence-corrected chi connectivity index (χ2v) is 10.1. The molecular weight excluding hydrogens is 436 g/mol. The maximum Gasteiger partial charge on any atom is 0.127 e. The zero-order chi connectivity index (χ0) is 18.5. The van der Waals surface area contributed by atoms with E-state index < -0.39 is 11.0 Å². The summed E-state index contributed by atoms with van der Waals surface area (Å²) in [5.74, 6) is 0. The molecule has 0 spiro atoms. The molecular formula is C18H27BrN2O3S2. The standard InChI is InChI=1S/C18H27BrN2O3S2/c1-23-14-5-9-20(10-6-14)25-18-4-3-16(13-17(18)19)26(22)21-11-7-15(24-2)8-12-21/h3-4,13-15H,5-12H2,1-2H3. The fourth-order valence-electron chi connectivity index (χ4n) is 3.35. The first-order valence-corrected chi connectivity index (χ1v) is 11.7. The molecule has 146 valence electrons. The third-order valence-corrected chi connectivity index (χ3v) is 8.62. The molecule has 0 amide bonds. The Morgan fingerprint density at radius 3 is 2.15 bits per heavy atom. The molecule has 8 heteroatoms. The molecule has 2 aliphatic rings. The van der Waals surface area contributed by atoms with E-state index in [2.05, 4.69) is 26.3 Å². The molecule has 2 fully saturated rings. The van der Waals surface area contributed by atoms with E-state index in [1.807, 2.05) is 16.4 Å². The zero-order valence-electron chi connectivity index (χ0n) is 15.4. The van der Waals surface area contributed by atoms with Gasteiger partial charge in [-0.05, 0) is 71.8 Å². The summed E-state index contributed by atoms with van der Waals surface area (Å²) in [4.78, 5) is 2.02. The molecule has 1 atom stereocenters. The number of hydrogen-bond donors (Lipinski definition) is 0. The monoisotopic (exact) mass is 462 g/mol. The number of ether oxygens (including phenoxy) is 2. The Hall–Kier alpha value is 0.0400. The minimum atomic E-state index is -1.11. The number of benzene rings is 1. The van der Waals surface area contributed by atoms with Crippen molar-refractivity contribution in [2.45, 2.75) is 47.7 Å². The van der Waals surface area contributed by atoms with Gasteiger partial charge in [0, 0.05) is 49.8 Å². The van der Waals surface area contributed by atoms with Crippen LogP contribution in [0.3, 0.4) is 0 Å². The minimum absolute atomic E-state index is 0.302. The largest absolute Gasteiger partial charge is 0.381 e. The third-order valence-electron chi connectivity index (χ3n) is 5.04. The van der Waals surface area contributed by atoms with E-state index in [9.17, 15) is 4.21 Å². The second-order valence-electron chi connectivity index (χ2n) is 6.66. The number of hydrogen-bond acceptors (Lipinski definition) is 5. The van der Waals surface area contributed by atoms with Gasteiger partial charge in [-0.2, -0.15) is 0 Å². The highest BCUT2D eigenvalue weighted by atomic mass is 79.9. The molecule has 0 aromatic heterocycles. The van der Waals surface area contributed by atoms with Crippen LogP contribution in [0, 0.1) is 0 Å². The highest BCUT2D eigenvalue weighted by Crippen LogP contribution is 2.34. The van der Waals surface area contributed by atoms with E-state index in [-0.39, 0.29) is 0 Å². The lowest BCUT2D eigenvalue weighted by atomic mass is 10.1. The van der Waals surface area contributed by atoms with Crippen molar-refractivity contribution < 1.29 is 13.7 Å². The van der Waals surface area contributed by atoms with Gasteiger partial charge in [0.05, 0.1) is 17.1 Å². The Labute approximate surface area is 171 Å². The molecule has 2 heterocycles. The smallest absolute Gasteiger partial charge is 0.127 e. The number of methoxy groups -OCH3 is 2. The highest BCUT2D eigenvalue weighted by Gasteiger charge is 2.24. The SMILES string of the molecule is COC1CCN(Sc2ccc(S(=O)N3CCC(OC)CC3)cc2Br)CC1. The van der Waals surface area contributed by atoms with Crippen molar-refractivity contribution >= 4 is 38.9 Å². The van der Waals surface area contributed by atoms with Gasteiger partial charge in [0.1, 0.15) is 11.0 Å². The molecule has 1 aromatic carbocycles. The first-order chi connectivity index (χ1) is 12.6. The van der Waals surface area contributed by atoms with Crippen LogP contribution in [-0.2, 0) is 20.5 Å². The van der Waals surface area contributed by atoms with Crippen molar-refractivity contribution in [2.75, 3.05) is 40.4 Å². The van der Waals surface area contributed by atoms with Crippen molar-refractivity contribution in [1.82, 2.24) is 8.61 Å². The second kappa shape index (κ2) is 10.0. The fraction of sp³-hybridized carbons (Fsp3) is 0.667. The van der Waals surface area contributed by atoms with Gasteiger partial charge in [-0.1, -0.05) is 0 Å². The number of nitrogens with zero attached hydrogens (tertiary/aromatic N) is 2. The number of halogens is 1. The van der Waals surface area contributed by atoms with Crippen molar-refractivity contribution in [3.05, 3.63) is 22.7 Å². The Morgan fingerprint density at radius 1 is 1.04 bits per heavy atom. The Balaban J connectivity index is 1.58. The predicted octanol–water partition coefficient (Wildman–Crippen LogP) is 3.70. The van der Waals surface area contributed by atoms with Gasteiger partial charge in [-0.15, -0.1) is 0 Å². The van der Waals surface area contributed by atoms with Gasteiger partial charge in [-0.3, -0.25) is 0 Å². The molecule has 5 nitrogen and oxygen atoms in total. The van der Waals surface area contributed by atoms with Gasteiger partial charge in [-0.25, -0.2) is 12.8 Å². The molecule has 0 aliphatic carbocycles. The van der Waals surface area contributed by atoms with Crippen LogP contribution in [0.5, 0.6) is 0 Å². The Kier molecular flexibility index (Phi) is 7.99. The van der Waals surface area contributed by atoms with Gasteiger partial charge in [0.2, 0.25) is 0 Å². The lowest BCUT2D eigenvalue weighted by Gasteiger charge is -2.31. The van der Waals surface area contributed by atoms with E-state index in [1.54, 1.807) is 26.2 Å². The number of rotatable bonds is 6. The summed E-state index contributed by atoms with van der Waals surface area (Å²) in [5, 5.41) is 0. The highest BCUT2D eigenvalue weighted by molar-refractivity contribution is 9.10. The lowest BCUT2D eigenvalue weighted by molar-refractivity contribution is 0.0614. The van der Waals surface area contributed by atoms with Crippen LogP contribution < -0.4 is 0 Å². The van der Waals surface area contributed by atoms with Gasteiger partial charge < -0.3 is 9.47 Å². The van der Waals surface area contributed by atoms with Gasteiger partial charge in [0.25, 0.3) is 0 Å². The molecule has 2 saturated heterocycles. The average molecular weight is 463 g/mol. The van der Waals surface area contributed by atoms with Crippen LogP contribution in [-0.4, -0.2) is 65.4 Å². The van der Waals surface area contributed by atoms with Crippen LogP contribution in [0.25, 0.3) is 0 Å². The van der Waals surface area contributed by atoms with E-state index >= 15 is 0 Å². The first kappa shape index (κ1) is 20.8. The summed E-state index contributed by atoms with van der Waals surface area (Å²) in [6.07, 6.45) is 4.71. The Bertz CT molecular complexity index is 618. The van der Waals surface area contributed by atoms with Crippen molar-refractivity contribution in [3.8, 4) is 0 Å². The summed E-state index contributed by atoms with van der Waals surface area (Å²) >= 11 is 5.43. The van der Waals surface area contributed by atoms with Crippen LogP contribution >= 0.6 is 27.9 Å². The van der Waals surface area contributed by atoms with Crippen molar-refractivity contribution in [2.24, 2.45) is 0 Å². The van der Waals surface area contributed by atoms with E-state index in [1.165, 1.54) is 4.90 Å². The van der Waals surface area contributed by atoms with Crippen LogP contribution in [0.2, 0.25) is 0 Å². The average Bonchev–Trinajstić information content (AvgIpc) is 2.69. The van der Waals surface area contributed by atoms with Crippen LogP contribution in [0.4, 0.5) is 0 Å². The lowest BCUT2D eigenvalue weighted by Crippen LogP contribution is -2.37. The maximum atomic E-state index is 12.9. The van der Waals surface area contributed by atoms with Crippen LogP contribution in [0.15, 0.2) is 32.5 Å². The quantitative estimate of drug-likeness (QED) is 0.602. The molecule has 1 unspecified atom stereocenters. The summed E-state index contributed by atoms with van der Waals surface area (Å²) < 4.78 is 29.1. The van der Waals surface area contributed by atoms with Gasteiger partial charge in [0.15, 0.2) is 0 Å². The molecule has 0 N–H and O–H groups in total. The van der Waals surface area contributed by atoms with E-state index in [0.717, 1.165) is 61.2 Å². The molecule has 2 aliphatic heterocycles. The first-order valence-electron chi connectivity index (χ1n) is 9.05. The summed E-state index contributed by atoms with van der Waals surface area (Å²) in [5.41, 5.74) is 0. The summed E-state index contributed by atoms with van der Waals surface area (Å²) in [6.45, 7) is 3.68. The molecule has 0 bridgehead atoms. The maximum absolute atomic E-state index is 12.9. The molecule has 3 rings (SSSR count). The minimum Gasteiger partial charge on any atom is -0.381 e. The predicted molar refractivity (Wildman–Crippen MR) is 110 cm³/mol. The molecule has 0 radical (unpaired) electrons. The van der Waals surface area contributed by atoms with E-state index in [0.29, 0.717) is 12.2 Å². The van der Waals surface area contributed by atoms with E-state index in [4.69, 9.17) is 9.47 Å². The zero-order valence-corrected chi connectivity index (χ0v) is 18.6. The third kappa shape index (κ3) is 5.31. The molecule has 26 heavy (non-hydrogen) atoms. The van der Waals surface area contributed by atoms with Crippen molar-refractivity contribution in [3.63, 3.8) is 0 Å². The molecule has 1 aromatic rings. The van der Waals surface area contributed by atoms with Crippen LogP contribution in [0.1, 0.15) is 25.7 Å². The molecule has 0 saturated carbocycles. The summed E-state index contributed by atoms with van der Waals surface area (Å²) in [6, 6.07) is 6.07.